The zero-order valence-corrected chi connectivity index (χ0v) is 16.8. The van der Waals surface area contributed by atoms with Gasteiger partial charge in [0, 0.05) is 6.20 Å². The monoisotopic (exact) mass is 406 g/mol. The lowest BCUT2D eigenvalue weighted by Gasteiger charge is -2.24. The lowest BCUT2D eigenvalue weighted by atomic mass is 9.99. The number of terminal acetylenes is 1. The van der Waals surface area contributed by atoms with Crippen molar-refractivity contribution in [2.75, 3.05) is 18.9 Å². The maximum absolute atomic E-state index is 11.8. The molecule has 2 atom stereocenters. The molecule has 0 amide bonds. The van der Waals surface area contributed by atoms with Crippen LogP contribution in [0.3, 0.4) is 0 Å². The Balaban J connectivity index is 1.69. The van der Waals surface area contributed by atoms with E-state index in [1.54, 1.807) is 16.8 Å². The van der Waals surface area contributed by atoms with E-state index in [0.29, 0.717) is 29.7 Å². The number of anilines is 1. The number of hydrogen-bond donors (Lipinski definition) is 1. The summed E-state index contributed by atoms with van der Waals surface area (Å²) < 4.78 is 18.2. The summed E-state index contributed by atoms with van der Waals surface area (Å²) in [7, 11) is 0. The van der Waals surface area contributed by atoms with Gasteiger partial charge in [-0.2, -0.15) is 4.98 Å². The van der Waals surface area contributed by atoms with Gasteiger partial charge in [0.15, 0.2) is 5.60 Å². The van der Waals surface area contributed by atoms with Crippen LogP contribution in [-0.4, -0.2) is 39.5 Å². The highest BCUT2D eigenvalue weighted by atomic mass is 35.5. The average Bonchev–Trinajstić information content (AvgIpc) is 3.22. The molecule has 150 valence electrons. The quantitative estimate of drug-likeness (QED) is 0.470. The van der Waals surface area contributed by atoms with Crippen molar-refractivity contribution in [3.8, 4) is 12.3 Å². The van der Waals surface area contributed by atoms with Crippen molar-refractivity contribution in [2.45, 2.75) is 45.4 Å². The van der Waals surface area contributed by atoms with Crippen molar-refractivity contribution in [1.82, 2.24) is 14.5 Å². The van der Waals surface area contributed by atoms with E-state index >= 15 is 0 Å². The fourth-order valence-corrected chi connectivity index (χ4v) is 3.11. The summed E-state index contributed by atoms with van der Waals surface area (Å²) in [5.74, 6) is 2.91. The van der Waals surface area contributed by atoms with E-state index < -0.39 is 18.0 Å². The summed E-state index contributed by atoms with van der Waals surface area (Å²) >= 11 is 5.93. The number of aromatic nitrogens is 3. The van der Waals surface area contributed by atoms with E-state index in [0.717, 1.165) is 0 Å². The summed E-state index contributed by atoms with van der Waals surface area (Å²) in [6.45, 7) is 6.02. The smallest absolute Gasteiger partial charge is 0.434 e. The van der Waals surface area contributed by atoms with Crippen LogP contribution in [0.2, 0.25) is 5.28 Å². The molecule has 0 aromatic carbocycles. The summed E-state index contributed by atoms with van der Waals surface area (Å²) in [5.41, 5.74) is 5.26. The minimum atomic E-state index is -1.04. The fraction of sp³-hybridized carbons (Fsp3) is 0.526. The van der Waals surface area contributed by atoms with Crippen molar-refractivity contribution in [3.05, 3.63) is 17.5 Å². The molecule has 0 unspecified atom stereocenters. The number of fused-ring (bicyclic) bond motifs is 1. The molecule has 1 aliphatic rings. The predicted octanol–water partition coefficient (Wildman–Crippen LogP) is 3.55. The molecule has 0 radical (unpaired) electrons. The second-order valence-electron chi connectivity index (χ2n) is 7.98. The van der Waals surface area contributed by atoms with Crippen LogP contribution in [0.1, 0.15) is 39.8 Å². The molecule has 0 saturated carbocycles. The van der Waals surface area contributed by atoms with E-state index in [1.165, 1.54) is 0 Å². The number of carbonyl (C=O) groups excluding carboxylic acids is 1. The number of nitrogens with zero attached hydrogens (tertiary/aromatic N) is 3. The maximum atomic E-state index is 11.8. The Bertz CT molecular complexity index is 930. The standard InChI is InChI=1S/C19H23ClN4O4/c1-5-19(11-27-17(25)26-10-18(2,3)4)8-6-13(28-19)24-9-7-12-14(21)22-16(20)23-15(12)24/h1,7,9,13H,6,8,10-11H2,2-4H3,(H2,21,22,23)/t13-,19+/m1/s1. The van der Waals surface area contributed by atoms with Gasteiger partial charge in [-0.1, -0.05) is 26.7 Å². The largest absolute Gasteiger partial charge is 0.508 e. The van der Waals surface area contributed by atoms with Gasteiger partial charge >= 0.3 is 6.16 Å². The Labute approximate surface area is 168 Å². The summed E-state index contributed by atoms with van der Waals surface area (Å²) in [6, 6.07) is 1.79. The van der Waals surface area contributed by atoms with E-state index in [4.69, 9.17) is 38.0 Å². The molecule has 9 heteroatoms. The molecule has 3 heterocycles. The van der Waals surface area contributed by atoms with Crippen molar-refractivity contribution >= 4 is 34.6 Å². The number of ether oxygens (including phenoxy) is 3. The minimum absolute atomic E-state index is 0.0519. The highest BCUT2D eigenvalue weighted by Crippen LogP contribution is 2.38. The summed E-state index contributed by atoms with van der Waals surface area (Å²) in [6.07, 6.45) is 7.44. The zero-order chi connectivity index (χ0) is 20.5. The first-order valence-electron chi connectivity index (χ1n) is 8.87. The van der Waals surface area contributed by atoms with Crippen LogP contribution in [-0.2, 0) is 14.2 Å². The van der Waals surface area contributed by atoms with Crippen LogP contribution < -0.4 is 5.73 Å². The number of rotatable bonds is 4. The molecular formula is C19H23ClN4O4. The van der Waals surface area contributed by atoms with Gasteiger partial charge in [0.05, 0.1) is 12.0 Å². The lowest BCUT2D eigenvalue weighted by molar-refractivity contribution is -0.0748. The van der Waals surface area contributed by atoms with Crippen molar-refractivity contribution < 1.29 is 19.0 Å². The van der Waals surface area contributed by atoms with Crippen LogP contribution in [0, 0.1) is 17.8 Å². The third-order valence-corrected chi connectivity index (χ3v) is 4.52. The van der Waals surface area contributed by atoms with Crippen LogP contribution in [0.5, 0.6) is 0 Å². The number of nitrogens with two attached hydrogens (primary N) is 1. The second-order valence-corrected chi connectivity index (χ2v) is 8.31. The SMILES string of the molecule is C#C[C@@]1(COC(=O)OCC(C)(C)C)CC[C@H](n2ccc3c(N)nc(Cl)nc32)O1. The molecular weight excluding hydrogens is 384 g/mol. The van der Waals surface area contributed by atoms with Crippen LogP contribution in [0.25, 0.3) is 11.0 Å². The van der Waals surface area contributed by atoms with Crippen molar-refractivity contribution in [3.63, 3.8) is 0 Å². The third kappa shape index (κ3) is 4.32. The molecule has 0 aliphatic carbocycles. The number of hydrogen-bond acceptors (Lipinski definition) is 7. The van der Waals surface area contributed by atoms with Gasteiger partial charge in [-0.25, -0.2) is 9.78 Å². The fourth-order valence-electron chi connectivity index (χ4n) is 2.94. The molecule has 1 aliphatic heterocycles. The Morgan fingerprint density at radius 1 is 1.50 bits per heavy atom. The molecule has 1 fully saturated rings. The molecule has 2 N–H and O–H groups in total. The highest BCUT2D eigenvalue weighted by molar-refractivity contribution is 6.28. The second kappa shape index (κ2) is 7.49. The molecule has 3 rings (SSSR count). The van der Waals surface area contributed by atoms with Crippen LogP contribution in [0.4, 0.5) is 10.6 Å². The van der Waals surface area contributed by atoms with Gasteiger partial charge in [0.25, 0.3) is 0 Å². The Morgan fingerprint density at radius 3 is 2.93 bits per heavy atom. The molecule has 8 nitrogen and oxygen atoms in total. The Kier molecular flexibility index (Phi) is 5.41. The lowest BCUT2D eigenvalue weighted by Crippen LogP contribution is -2.34. The molecule has 2 aromatic rings. The predicted molar refractivity (Wildman–Crippen MR) is 105 cm³/mol. The van der Waals surface area contributed by atoms with Gasteiger partial charge in [-0.3, -0.25) is 0 Å². The van der Waals surface area contributed by atoms with E-state index in [9.17, 15) is 4.79 Å². The first kappa shape index (κ1) is 20.2. The summed E-state index contributed by atoms with van der Waals surface area (Å²) in [4.78, 5) is 20.0. The van der Waals surface area contributed by atoms with E-state index in [1.807, 2.05) is 20.8 Å². The molecule has 0 bridgehead atoms. The van der Waals surface area contributed by atoms with Gasteiger partial charge < -0.3 is 24.5 Å². The van der Waals surface area contributed by atoms with Crippen molar-refractivity contribution in [1.29, 1.82) is 0 Å². The van der Waals surface area contributed by atoms with Gasteiger partial charge in [-0.05, 0) is 35.9 Å². The van der Waals surface area contributed by atoms with Gasteiger partial charge in [-0.15, -0.1) is 6.42 Å². The highest BCUT2D eigenvalue weighted by Gasteiger charge is 2.41. The summed E-state index contributed by atoms with van der Waals surface area (Å²) in [5, 5.41) is 0.726. The number of nitrogen functional groups attached to an aromatic ring is 1. The Morgan fingerprint density at radius 2 is 2.25 bits per heavy atom. The van der Waals surface area contributed by atoms with Crippen LogP contribution >= 0.6 is 11.6 Å². The first-order valence-corrected chi connectivity index (χ1v) is 9.25. The minimum Gasteiger partial charge on any atom is -0.434 e. The normalized spacial score (nSPS) is 22.2. The zero-order valence-electron chi connectivity index (χ0n) is 16.1. The maximum Gasteiger partial charge on any atom is 0.508 e. The average molecular weight is 407 g/mol. The van der Waals surface area contributed by atoms with E-state index in [2.05, 4.69) is 15.9 Å². The first-order chi connectivity index (χ1) is 13.1. The topological polar surface area (TPSA) is 101 Å². The molecule has 0 spiro atoms. The molecule has 2 aromatic heterocycles. The van der Waals surface area contributed by atoms with Gasteiger partial charge in [0.2, 0.25) is 5.28 Å². The molecule has 1 saturated heterocycles. The van der Waals surface area contributed by atoms with Crippen molar-refractivity contribution in [2.24, 2.45) is 5.41 Å². The number of halogens is 1. The van der Waals surface area contributed by atoms with Crippen LogP contribution in [0.15, 0.2) is 12.3 Å². The van der Waals surface area contributed by atoms with E-state index in [-0.39, 0.29) is 23.9 Å². The third-order valence-electron chi connectivity index (χ3n) is 4.35. The number of carbonyl (C=O) groups is 1. The van der Waals surface area contributed by atoms with Gasteiger partial charge in [0.1, 0.15) is 24.3 Å². The Hall–Kier alpha value is -2.50. The molecule has 28 heavy (non-hydrogen) atoms.